The van der Waals surface area contributed by atoms with Crippen LogP contribution < -0.4 is 5.32 Å². The van der Waals surface area contributed by atoms with Crippen molar-refractivity contribution in [2.24, 2.45) is 0 Å². The third-order valence-electron chi connectivity index (χ3n) is 3.69. The van der Waals surface area contributed by atoms with Crippen LogP contribution in [0.1, 0.15) is 32.6 Å². The summed E-state index contributed by atoms with van der Waals surface area (Å²) >= 11 is 5.49. The fraction of sp³-hybridized carbons (Fsp3) is 0.923. The Hall–Kier alpha value is -0.390. The number of nitrogens with one attached hydrogen (secondary N) is 1. The Morgan fingerprint density at radius 1 is 1.50 bits per heavy atom. The van der Waals surface area contributed by atoms with Crippen molar-refractivity contribution in [3.63, 3.8) is 0 Å². The molecule has 0 aromatic rings. The van der Waals surface area contributed by atoms with E-state index < -0.39 is 0 Å². The molecule has 2 aliphatic rings. The summed E-state index contributed by atoms with van der Waals surface area (Å²) in [6, 6.07) is 0.505. The van der Waals surface area contributed by atoms with Crippen molar-refractivity contribution >= 4 is 17.3 Å². The largest absolute Gasteiger partial charge is 0.382 e. The molecule has 2 unspecified atom stereocenters. The van der Waals surface area contributed by atoms with Crippen molar-refractivity contribution in [3.8, 4) is 0 Å². The summed E-state index contributed by atoms with van der Waals surface area (Å²) in [4.78, 5) is 2.33. The maximum absolute atomic E-state index is 5.79. The molecular formula is C13H24N2O2S. The van der Waals surface area contributed by atoms with Crippen molar-refractivity contribution < 1.29 is 9.47 Å². The Kier molecular flexibility index (Phi) is 5.66. The zero-order chi connectivity index (χ0) is 12.8. The lowest BCUT2D eigenvalue weighted by Crippen LogP contribution is -2.54. The predicted molar refractivity (Wildman–Crippen MR) is 75.8 cm³/mol. The molecule has 2 atom stereocenters. The van der Waals surface area contributed by atoms with E-state index in [0.717, 1.165) is 44.4 Å². The van der Waals surface area contributed by atoms with Gasteiger partial charge in [0.15, 0.2) is 5.11 Å². The minimum atomic E-state index is 0.405. The summed E-state index contributed by atoms with van der Waals surface area (Å²) in [5.41, 5.74) is 0. The summed E-state index contributed by atoms with van der Waals surface area (Å²) in [7, 11) is 0. The first-order valence-electron chi connectivity index (χ1n) is 7.06. The average molecular weight is 272 g/mol. The third kappa shape index (κ3) is 3.56. The lowest BCUT2D eigenvalue weighted by Gasteiger charge is -2.39. The van der Waals surface area contributed by atoms with Crippen LogP contribution in [-0.4, -0.2) is 55.1 Å². The zero-order valence-corrected chi connectivity index (χ0v) is 12.0. The van der Waals surface area contributed by atoms with Gasteiger partial charge in [-0.3, -0.25) is 0 Å². The van der Waals surface area contributed by atoms with Gasteiger partial charge in [0.25, 0.3) is 0 Å². The molecule has 0 radical (unpaired) electrons. The van der Waals surface area contributed by atoms with Crippen molar-refractivity contribution in [1.82, 2.24) is 10.2 Å². The molecule has 2 fully saturated rings. The Balaban J connectivity index is 1.71. The molecule has 1 aliphatic carbocycles. The quantitative estimate of drug-likeness (QED) is 0.606. The standard InChI is InChI=1S/C13H24N2O2S/c1-2-16-9-4-7-14-13(18)15-8-10-17-12-6-3-5-11(12)15/h11-12H,2-10H2,1H3,(H,14,18). The molecule has 18 heavy (non-hydrogen) atoms. The van der Waals surface area contributed by atoms with E-state index in [-0.39, 0.29) is 0 Å². The second-order valence-electron chi connectivity index (χ2n) is 4.88. The average Bonchev–Trinajstić information content (AvgIpc) is 2.86. The van der Waals surface area contributed by atoms with Crippen LogP contribution in [0.5, 0.6) is 0 Å². The van der Waals surface area contributed by atoms with Crippen LogP contribution in [-0.2, 0) is 9.47 Å². The molecule has 4 nitrogen and oxygen atoms in total. The maximum atomic E-state index is 5.79. The number of fused-ring (bicyclic) bond motifs is 1. The van der Waals surface area contributed by atoms with Crippen LogP contribution in [0.2, 0.25) is 0 Å². The molecule has 1 heterocycles. The zero-order valence-electron chi connectivity index (χ0n) is 11.2. The number of morpholine rings is 1. The first-order valence-corrected chi connectivity index (χ1v) is 7.47. The monoisotopic (exact) mass is 272 g/mol. The Morgan fingerprint density at radius 2 is 2.39 bits per heavy atom. The van der Waals surface area contributed by atoms with E-state index in [0.29, 0.717) is 12.1 Å². The van der Waals surface area contributed by atoms with Crippen LogP contribution in [0, 0.1) is 0 Å². The normalized spacial score (nSPS) is 27.1. The molecule has 0 aromatic heterocycles. The highest BCUT2D eigenvalue weighted by Gasteiger charge is 2.36. The number of hydrogen-bond donors (Lipinski definition) is 1. The van der Waals surface area contributed by atoms with Crippen LogP contribution in [0.4, 0.5) is 0 Å². The van der Waals surface area contributed by atoms with Crippen LogP contribution in [0.25, 0.3) is 0 Å². The van der Waals surface area contributed by atoms with Crippen LogP contribution in [0.15, 0.2) is 0 Å². The van der Waals surface area contributed by atoms with E-state index in [1.165, 1.54) is 19.3 Å². The van der Waals surface area contributed by atoms with Gasteiger partial charge in [-0.2, -0.15) is 0 Å². The minimum absolute atomic E-state index is 0.405. The number of hydrogen-bond acceptors (Lipinski definition) is 3. The second-order valence-corrected chi connectivity index (χ2v) is 5.27. The highest BCUT2D eigenvalue weighted by molar-refractivity contribution is 7.80. The summed E-state index contributed by atoms with van der Waals surface area (Å²) in [6.07, 6.45) is 5.08. The molecule has 0 amide bonds. The summed E-state index contributed by atoms with van der Waals surface area (Å²) in [5, 5.41) is 4.24. The number of thiocarbonyl (C=S) groups is 1. The van der Waals surface area contributed by atoms with E-state index in [9.17, 15) is 0 Å². The molecule has 1 saturated heterocycles. The van der Waals surface area contributed by atoms with E-state index >= 15 is 0 Å². The molecule has 2 rings (SSSR count). The highest BCUT2D eigenvalue weighted by atomic mass is 32.1. The summed E-state index contributed by atoms with van der Waals surface area (Å²) in [5.74, 6) is 0. The van der Waals surface area contributed by atoms with E-state index in [2.05, 4.69) is 10.2 Å². The van der Waals surface area contributed by atoms with Gasteiger partial charge in [-0.25, -0.2) is 0 Å². The van der Waals surface area contributed by atoms with E-state index in [1.807, 2.05) is 6.92 Å². The van der Waals surface area contributed by atoms with Crippen molar-refractivity contribution in [1.29, 1.82) is 0 Å². The first kappa shape index (κ1) is 14.0. The fourth-order valence-corrected chi connectivity index (χ4v) is 3.12. The molecular weight excluding hydrogens is 248 g/mol. The van der Waals surface area contributed by atoms with E-state index in [4.69, 9.17) is 21.7 Å². The van der Waals surface area contributed by atoms with Crippen molar-refractivity contribution in [3.05, 3.63) is 0 Å². The topological polar surface area (TPSA) is 33.7 Å². The highest BCUT2D eigenvalue weighted by Crippen LogP contribution is 2.29. The Morgan fingerprint density at radius 3 is 3.22 bits per heavy atom. The molecule has 1 N–H and O–H groups in total. The summed E-state index contributed by atoms with van der Waals surface area (Å²) in [6.45, 7) is 6.25. The summed E-state index contributed by atoms with van der Waals surface area (Å²) < 4.78 is 11.1. The van der Waals surface area contributed by atoms with Crippen molar-refractivity contribution in [2.75, 3.05) is 32.9 Å². The number of nitrogens with zero attached hydrogens (tertiary/aromatic N) is 1. The Bertz CT molecular complexity index is 276. The van der Waals surface area contributed by atoms with Gasteiger partial charge in [-0.1, -0.05) is 0 Å². The number of rotatable bonds is 5. The molecule has 0 bridgehead atoms. The van der Waals surface area contributed by atoms with Crippen LogP contribution >= 0.6 is 12.2 Å². The molecule has 0 aromatic carbocycles. The third-order valence-corrected chi connectivity index (χ3v) is 4.07. The van der Waals surface area contributed by atoms with Gasteiger partial charge in [0.1, 0.15) is 0 Å². The van der Waals surface area contributed by atoms with Gasteiger partial charge in [0.2, 0.25) is 0 Å². The van der Waals surface area contributed by atoms with Gasteiger partial charge >= 0.3 is 0 Å². The number of ether oxygens (including phenoxy) is 2. The smallest absolute Gasteiger partial charge is 0.169 e. The van der Waals surface area contributed by atoms with E-state index in [1.54, 1.807) is 0 Å². The lowest BCUT2D eigenvalue weighted by atomic mass is 10.1. The van der Waals surface area contributed by atoms with Gasteiger partial charge in [0.05, 0.1) is 18.8 Å². The molecule has 5 heteroatoms. The van der Waals surface area contributed by atoms with Gasteiger partial charge in [0, 0.05) is 26.3 Å². The van der Waals surface area contributed by atoms with Gasteiger partial charge in [-0.05, 0) is 44.8 Å². The lowest BCUT2D eigenvalue weighted by molar-refractivity contribution is -0.0295. The minimum Gasteiger partial charge on any atom is -0.382 e. The molecule has 1 aliphatic heterocycles. The molecule has 104 valence electrons. The maximum Gasteiger partial charge on any atom is 0.169 e. The van der Waals surface area contributed by atoms with Crippen molar-refractivity contribution in [2.45, 2.75) is 44.8 Å². The SMILES string of the molecule is CCOCCCNC(=S)N1CCOC2CCCC21. The van der Waals surface area contributed by atoms with Crippen LogP contribution in [0.3, 0.4) is 0 Å². The molecule has 1 saturated carbocycles. The van der Waals surface area contributed by atoms with Gasteiger partial charge in [-0.15, -0.1) is 0 Å². The molecule has 0 spiro atoms. The second kappa shape index (κ2) is 7.26. The Labute approximate surface area is 115 Å². The fourth-order valence-electron chi connectivity index (χ4n) is 2.79. The first-order chi connectivity index (χ1) is 8.83. The predicted octanol–water partition coefficient (Wildman–Crippen LogP) is 1.54. The van der Waals surface area contributed by atoms with Gasteiger partial charge < -0.3 is 19.7 Å².